The van der Waals surface area contributed by atoms with E-state index in [2.05, 4.69) is 21.0 Å². The van der Waals surface area contributed by atoms with Crippen LogP contribution in [-0.2, 0) is 4.79 Å². The van der Waals surface area contributed by atoms with Gasteiger partial charge in [0.1, 0.15) is 17.4 Å². The van der Waals surface area contributed by atoms with Crippen molar-refractivity contribution in [2.75, 3.05) is 36.8 Å². The van der Waals surface area contributed by atoms with Crippen molar-refractivity contribution in [3.63, 3.8) is 0 Å². The molecule has 1 amide bonds. The minimum Gasteiger partial charge on any atom is -0.424 e. The maximum absolute atomic E-state index is 12.6. The molecular weight excluding hydrogens is 376 g/mol. The van der Waals surface area contributed by atoms with Gasteiger partial charge in [-0.1, -0.05) is 30.0 Å². The van der Waals surface area contributed by atoms with Gasteiger partial charge >= 0.3 is 0 Å². The minimum absolute atomic E-state index is 0.0709. The first-order valence-electron chi connectivity index (χ1n) is 8.88. The Kier molecular flexibility index (Phi) is 5.12. The number of aromatic nitrogens is 3. The zero-order valence-corrected chi connectivity index (χ0v) is 16.1. The Labute approximate surface area is 166 Å². The Bertz CT molecular complexity index is 1050. The van der Waals surface area contributed by atoms with Crippen LogP contribution in [0.5, 0.6) is 0 Å². The van der Waals surface area contributed by atoms with E-state index in [-0.39, 0.29) is 5.91 Å². The number of carbonyl (C=O) groups is 1. The number of nitrogens with zero attached hydrogens (tertiary/aromatic N) is 6. The van der Waals surface area contributed by atoms with Crippen molar-refractivity contribution in [1.82, 2.24) is 19.9 Å². The SMILES string of the molecule is Cc1nc(C#N)c(N2CCN(C(=O)CSc3ncnc4ccccc34)CC2)o1. The van der Waals surface area contributed by atoms with Gasteiger partial charge in [0.25, 0.3) is 0 Å². The number of para-hydroxylation sites is 1. The molecule has 1 fully saturated rings. The first-order valence-corrected chi connectivity index (χ1v) is 9.87. The van der Waals surface area contributed by atoms with Crippen molar-refractivity contribution >= 4 is 34.5 Å². The van der Waals surface area contributed by atoms with Crippen LogP contribution in [-0.4, -0.2) is 57.7 Å². The van der Waals surface area contributed by atoms with E-state index in [0.717, 1.165) is 15.9 Å². The van der Waals surface area contributed by atoms with Gasteiger partial charge in [-0.25, -0.2) is 15.0 Å². The Morgan fingerprint density at radius 1 is 1.25 bits per heavy atom. The number of fused-ring (bicyclic) bond motifs is 1. The summed E-state index contributed by atoms with van der Waals surface area (Å²) in [5.74, 6) is 1.36. The lowest BCUT2D eigenvalue weighted by Crippen LogP contribution is -2.49. The quantitative estimate of drug-likeness (QED) is 0.491. The molecule has 0 spiro atoms. The molecule has 8 nitrogen and oxygen atoms in total. The molecule has 4 rings (SSSR count). The molecule has 142 valence electrons. The van der Waals surface area contributed by atoms with Crippen LogP contribution in [0, 0.1) is 18.3 Å². The maximum Gasteiger partial charge on any atom is 0.234 e. The number of oxazole rings is 1. The predicted molar refractivity (Wildman–Crippen MR) is 105 cm³/mol. The highest BCUT2D eigenvalue weighted by molar-refractivity contribution is 8.00. The van der Waals surface area contributed by atoms with Crippen LogP contribution in [0.4, 0.5) is 5.88 Å². The highest BCUT2D eigenvalue weighted by Gasteiger charge is 2.25. The van der Waals surface area contributed by atoms with Crippen LogP contribution >= 0.6 is 11.8 Å². The first kappa shape index (κ1) is 18.3. The summed E-state index contributed by atoms with van der Waals surface area (Å²) in [5, 5.41) is 10.9. The van der Waals surface area contributed by atoms with E-state index in [0.29, 0.717) is 49.4 Å². The smallest absolute Gasteiger partial charge is 0.234 e. The number of nitriles is 1. The van der Waals surface area contributed by atoms with E-state index in [1.807, 2.05) is 34.1 Å². The molecule has 1 saturated heterocycles. The van der Waals surface area contributed by atoms with Gasteiger partial charge in [0.05, 0.1) is 11.3 Å². The lowest BCUT2D eigenvalue weighted by Gasteiger charge is -2.34. The van der Waals surface area contributed by atoms with Gasteiger partial charge in [-0.05, 0) is 6.07 Å². The number of anilines is 1. The molecule has 3 heterocycles. The van der Waals surface area contributed by atoms with Gasteiger partial charge in [-0.15, -0.1) is 0 Å². The summed E-state index contributed by atoms with van der Waals surface area (Å²) in [6, 6.07) is 9.83. The van der Waals surface area contributed by atoms with Gasteiger partial charge in [-0.3, -0.25) is 4.79 Å². The fourth-order valence-electron chi connectivity index (χ4n) is 3.18. The highest BCUT2D eigenvalue weighted by Crippen LogP contribution is 2.25. The summed E-state index contributed by atoms with van der Waals surface area (Å²) >= 11 is 1.43. The van der Waals surface area contributed by atoms with E-state index in [4.69, 9.17) is 4.42 Å². The molecule has 1 aliphatic rings. The molecular formula is C19H18N6O2S. The van der Waals surface area contributed by atoms with E-state index in [1.165, 1.54) is 18.1 Å². The van der Waals surface area contributed by atoms with E-state index >= 15 is 0 Å². The summed E-state index contributed by atoms with van der Waals surface area (Å²) in [7, 11) is 0. The molecule has 2 aromatic heterocycles. The average Bonchev–Trinajstić information content (AvgIpc) is 3.13. The number of aryl methyl sites for hydroxylation is 1. The number of piperazine rings is 1. The summed E-state index contributed by atoms with van der Waals surface area (Å²) in [6.07, 6.45) is 1.53. The average molecular weight is 394 g/mol. The third-order valence-corrected chi connectivity index (χ3v) is 5.57. The van der Waals surface area contributed by atoms with Crippen molar-refractivity contribution in [2.45, 2.75) is 11.9 Å². The molecule has 9 heteroatoms. The molecule has 0 radical (unpaired) electrons. The summed E-state index contributed by atoms with van der Waals surface area (Å²) in [6.45, 7) is 4.09. The third kappa shape index (κ3) is 3.64. The van der Waals surface area contributed by atoms with Crippen LogP contribution in [0.25, 0.3) is 10.9 Å². The molecule has 0 unspecified atom stereocenters. The number of thioether (sulfide) groups is 1. The number of hydrogen-bond donors (Lipinski definition) is 0. The van der Waals surface area contributed by atoms with Gasteiger partial charge in [0.2, 0.25) is 17.5 Å². The van der Waals surface area contributed by atoms with Crippen LogP contribution in [0.1, 0.15) is 11.6 Å². The third-order valence-electron chi connectivity index (χ3n) is 4.58. The number of amides is 1. The molecule has 0 atom stereocenters. The Balaban J connectivity index is 1.36. The van der Waals surface area contributed by atoms with Gasteiger partial charge in [0.15, 0.2) is 5.89 Å². The molecule has 0 N–H and O–H groups in total. The largest absolute Gasteiger partial charge is 0.424 e. The zero-order chi connectivity index (χ0) is 19.5. The molecule has 1 aromatic carbocycles. The molecule has 28 heavy (non-hydrogen) atoms. The predicted octanol–water partition coefficient (Wildman–Crippen LogP) is 2.24. The topological polar surface area (TPSA) is 99.2 Å². The van der Waals surface area contributed by atoms with Gasteiger partial charge < -0.3 is 14.2 Å². The van der Waals surface area contributed by atoms with Crippen LogP contribution in [0.3, 0.4) is 0 Å². The zero-order valence-electron chi connectivity index (χ0n) is 15.3. The second kappa shape index (κ2) is 7.86. The van der Waals surface area contributed by atoms with Crippen LogP contribution < -0.4 is 4.90 Å². The van der Waals surface area contributed by atoms with Crippen molar-refractivity contribution in [2.24, 2.45) is 0 Å². The standard InChI is InChI=1S/C19H18N6O2S/c1-13-23-16(10-20)19(27-13)25-8-6-24(7-9-25)17(26)11-28-18-14-4-2-3-5-15(14)21-12-22-18/h2-5,12H,6-9,11H2,1H3. The molecule has 0 saturated carbocycles. The van der Waals surface area contributed by atoms with Gasteiger partial charge in [-0.2, -0.15) is 5.26 Å². The number of carbonyl (C=O) groups excluding carboxylic acids is 1. The molecule has 0 aliphatic carbocycles. The molecule has 1 aliphatic heterocycles. The minimum atomic E-state index is 0.0709. The van der Waals surface area contributed by atoms with Crippen LogP contribution in [0.2, 0.25) is 0 Å². The maximum atomic E-state index is 12.6. The van der Waals surface area contributed by atoms with Gasteiger partial charge in [0, 0.05) is 38.5 Å². The second-order valence-corrected chi connectivity index (χ2v) is 7.31. The summed E-state index contributed by atoms with van der Waals surface area (Å²) in [5.41, 5.74) is 1.17. The fraction of sp³-hybridized carbons (Fsp3) is 0.316. The summed E-state index contributed by atoms with van der Waals surface area (Å²) in [4.78, 5) is 29.1. The van der Waals surface area contributed by atoms with E-state index in [1.54, 1.807) is 6.92 Å². The summed E-state index contributed by atoms with van der Waals surface area (Å²) < 4.78 is 5.56. The highest BCUT2D eigenvalue weighted by atomic mass is 32.2. The monoisotopic (exact) mass is 394 g/mol. The molecule has 3 aromatic rings. The fourth-order valence-corrected chi connectivity index (χ4v) is 4.07. The van der Waals surface area contributed by atoms with E-state index in [9.17, 15) is 10.1 Å². The number of rotatable bonds is 4. The normalized spacial score (nSPS) is 14.3. The van der Waals surface area contributed by atoms with Crippen molar-refractivity contribution in [1.29, 1.82) is 5.26 Å². The lowest BCUT2D eigenvalue weighted by molar-refractivity contribution is -0.128. The van der Waals surface area contributed by atoms with Crippen LogP contribution in [0.15, 0.2) is 40.0 Å². The first-order chi connectivity index (χ1) is 13.7. The molecule has 0 bridgehead atoms. The Hall–Kier alpha value is -3.12. The number of hydrogen-bond acceptors (Lipinski definition) is 8. The van der Waals surface area contributed by atoms with Crippen molar-refractivity contribution < 1.29 is 9.21 Å². The Morgan fingerprint density at radius 3 is 2.82 bits per heavy atom. The Morgan fingerprint density at radius 2 is 2.04 bits per heavy atom. The lowest BCUT2D eigenvalue weighted by atomic mass is 10.2. The van der Waals surface area contributed by atoms with E-state index < -0.39 is 0 Å². The second-order valence-electron chi connectivity index (χ2n) is 6.35. The van der Waals surface area contributed by atoms with Crippen molar-refractivity contribution in [3.05, 3.63) is 42.2 Å². The van der Waals surface area contributed by atoms with Crippen molar-refractivity contribution in [3.8, 4) is 6.07 Å². The number of benzene rings is 1.